The van der Waals surface area contributed by atoms with Gasteiger partial charge < -0.3 is 23.9 Å². The Morgan fingerprint density at radius 3 is 2.39 bits per heavy atom. The van der Waals surface area contributed by atoms with Gasteiger partial charge in [0.1, 0.15) is 22.8 Å². The van der Waals surface area contributed by atoms with Gasteiger partial charge >= 0.3 is 5.63 Å². The molecule has 0 aliphatic carbocycles. The summed E-state index contributed by atoms with van der Waals surface area (Å²) < 4.78 is 22.0. The van der Waals surface area contributed by atoms with E-state index in [4.69, 9.17) is 18.6 Å². The first kappa shape index (κ1) is 22.2. The molecule has 1 aromatic heterocycles. The zero-order valence-electron chi connectivity index (χ0n) is 18.2. The van der Waals surface area contributed by atoms with Gasteiger partial charge in [0.25, 0.3) is 5.91 Å². The standard InChI is InChI=1S/C24H27NO6/c1-5-28-16-8-10-21(29-6-2)20(11-16)25-23(26)14-30-17-7-9-18-19(15(3)4)13-24(27)31-22(18)12-17/h7-13,15H,5-6,14H2,1-4H3,(H,25,26). The Bertz CT molecular complexity index is 1120. The van der Waals surface area contributed by atoms with Crippen molar-refractivity contribution in [2.24, 2.45) is 0 Å². The van der Waals surface area contributed by atoms with Crippen LogP contribution >= 0.6 is 0 Å². The first-order valence-corrected chi connectivity index (χ1v) is 10.3. The lowest BCUT2D eigenvalue weighted by atomic mass is 10.00. The highest BCUT2D eigenvalue weighted by molar-refractivity contribution is 5.93. The number of fused-ring (bicyclic) bond motifs is 1. The molecule has 0 radical (unpaired) electrons. The molecule has 3 aromatic rings. The lowest BCUT2D eigenvalue weighted by molar-refractivity contribution is -0.118. The van der Waals surface area contributed by atoms with Gasteiger partial charge in [0, 0.05) is 23.6 Å². The second-order valence-electron chi connectivity index (χ2n) is 7.19. The predicted octanol–water partition coefficient (Wildman–Crippen LogP) is 4.73. The van der Waals surface area contributed by atoms with Crippen molar-refractivity contribution in [3.8, 4) is 17.2 Å². The molecule has 0 aliphatic heterocycles. The molecule has 0 aliphatic rings. The zero-order chi connectivity index (χ0) is 22.4. The Morgan fingerprint density at radius 1 is 0.968 bits per heavy atom. The van der Waals surface area contributed by atoms with E-state index >= 15 is 0 Å². The van der Waals surface area contributed by atoms with Gasteiger partial charge in [0.2, 0.25) is 0 Å². The summed E-state index contributed by atoms with van der Waals surface area (Å²) >= 11 is 0. The Morgan fingerprint density at radius 2 is 1.68 bits per heavy atom. The molecule has 0 spiro atoms. The van der Waals surface area contributed by atoms with E-state index in [0.717, 1.165) is 10.9 Å². The van der Waals surface area contributed by atoms with Crippen molar-refractivity contribution in [3.05, 3.63) is 58.4 Å². The fourth-order valence-electron chi connectivity index (χ4n) is 3.22. The molecule has 0 bridgehead atoms. The number of anilines is 1. The molecule has 0 saturated heterocycles. The van der Waals surface area contributed by atoms with E-state index < -0.39 is 5.63 Å². The molecule has 3 rings (SSSR count). The average Bonchev–Trinajstić information content (AvgIpc) is 2.73. The molecular formula is C24H27NO6. The highest BCUT2D eigenvalue weighted by Gasteiger charge is 2.13. The summed E-state index contributed by atoms with van der Waals surface area (Å²) in [6.07, 6.45) is 0. The number of amides is 1. The summed E-state index contributed by atoms with van der Waals surface area (Å²) in [6.45, 7) is 8.55. The molecule has 164 valence electrons. The third-order valence-electron chi connectivity index (χ3n) is 4.58. The maximum atomic E-state index is 12.5. The second kappa shape index (κ2) is 10.0. The van der Waals surface area contributed by atoms with Crippen LogP contribution in [0.5, 0.6) is 17.2 Å². The van der Waals surface area contributed by atoms with E-state index in [-0.39, 0.29) is 18.4 Å². The van der Waals surface area contributed by atoms with Crippen molar-refractivity contribution in [2.45, 2.75) is 33.6 Å². The Labute approximate surface area is 180 Å². The molecule has 1 heterocycles. The first-order chi connectivity index (χ1) is 14.9. The quantitative estimate of drug-likeness (QED) is 0.499. The van der Waals surface area contributed by atoms with Crippen LogP contribution in [0.15, 0.2) is 51.7 Å². The summed E-state index contributed by atoms with van der Waals surface area (Å²) in [5, 5.41) is 3.64. The van der Waals surface area contributed by atoms with Crippen LogP contribution in [-0.2, 0) is 4.79 Å². The third-order valence-corrected chi connectivity index (χ3v) is 4.58. The number of benzene rings is 2. The summed E-state index contributed by atoms with van der Waals surface area (Å²) in [7, 11) is 0. The number of carbonyl (C=O) groups is 1. The molecule has 1 N–H and O–H groups in total. The van der Waals surface area contributed by atoms with Crippen molar-refractivity contribution in [3.63, 3.8) is 0 Å². The molecule has 31 heavy (non-hydrogen) atoms. The fourth-order valence-corrected chi connectivity index (χ4v) is 3.22. The molecule has 0 saturated carbocycles. The topological polar surface area (TPSA) is 87.0 Å². The number of ether oxygens (including phenoxy) is 3. The van der Waals surface area contributed by atoms with E-state index in [9.17, 15) is 9.59 Å². The van der Waals surface area contributed by atoms with Gasteiger partial charge in [-0.15, -0.1) is 0 Å². The van der Waals surface area contributed by atoms with Crippen molar-refractivity contribution < 1.29 is 23.4 Å². The van der Waals surface area contributed by atoms with Gasteiger partial charge in [-0.2, -0.15) is 0 Å². The first-order valence-electron chi connectivity index (χ1n) is 10.3. The maximum Gasteiger partial charge on any atom is 0.336 e. The second-order valence-corrected chi connectivity index (χ2v) is 7.19. The SMILES string of the molecule is CCOc1ccc(OCC)c(NC(=O)COc2ccc3c(C(C)C)cc(=O)oc3c2)c1. The third kappa shape index (κ3) is 5.57. The minimum Gasteiger partial charge on any atom is -0.494 e. The van der Waals surface area contributed by atoms with Gasteiger partial charge in [0.15, 0.2) is 6.61 Å². The van der Waals surface area contributed by atoms with Crippen molar-refractivity contribution >= 4 is 22.6 Å². The van der Waals surface area contributed by atoms with Crippen LogP contribution in [0.2, 0.25) is 0 Å². The number of nitrogens with one attached hydrogen (secondary N) is 1. The Kier molecular flexibility index (Phi) is 7.18. The van der Waals surface area contributed by atoms with E-state index in [1.165, 1.54) is 6.07 Å². The molecule has 0 fully saturated rings. The highest BCUT2D eigenvalue weighted by atomic mass is 16.5. The minimum absolute atomic E-state index is 0.177. The van der Waals surface area contributed by atoms with Gasteiger partial charge in [-0.25, -0.2) is 4.79 Å². The van der Waals surface area contributed by atoms with Crippen LogP contribution in [-0.4, -0.2) is 25.7 Å². The molecule has 7 nitrogen and oxygen atoms in total. The summed E-state index contributed by atoms with van der Waals surface area (Å²) in [5.74, 6) is 1.43. The van der Waals surface area contributed by atoms with Gasteiger partial charge in [0.05, 0.1) is 18.9 Å². The van der Waals surface area contributed by atoms with Crippen LogP contribution in [0.3, 0.4) is 0 Å². The van der Waals surface area contributed by atoms with Crippen LogP contribution in [0, 0.1) is 0 Å². The molecule has 0 atom stereocenters. The lowest BCUT2D eigenvalue weighted by Gasteiger charge is -2.14. The van der Waals surface area contributed by atoms with Gasteiger partial charge in [-0.1, -0.05) is 13.8 Å². The number of hydrogen-bond donors (Lipinski definition) is 1. The summed E-state index contributed by atoms with van der Waals surface area (Å²) in [6, 6.07) is 12.0. The normalized spacial score (nSPS) is 10.9. The summed E-state index contributed by atoms with van der Waals surface area (Å²) in [5.41, 5.74) is 1.43. The number of rotatable bonds is 9. The van der Waals surface area contributed by atoms with E-state index in [2.05, 4.69) is 5.32 Å². The maximum absolute atomic E-state index is 12.5. The van der Waals surface area contributed by atoms with Crippen molar-refractivity contribution in [1.82, 2.24) is 0 Å². The van der Waals surface area contributed by atoms with E-state index in [0.29, 0.717) is 41.7 Å². The molecule has 1 amide bonds. The van der Waals surface area contributed by atoms with E-state index in [1.807, 2.05) is 33.8 Å². The van der Waals surface area contributed by atoms with Gasteiger partial charge in [-0.05, 0) is 49.6 Å². The Balaban J connectivity index is 1.73. The number of carbonyl (C=O) groups excluding carboxylic acids is 1. The smallest absolute Gasteiger partial charge is 0.336 e. The largest absolute Gasteiger partial charge is 0.494 e. The zero-order valence-corrected chi connectivity index (χ0v) is 18.2. The lowest BCUT2D eigenvalue weighted by Crippen LogP contribution is -2.20. The summed E-state index contributed by atoms with van der Waals surface area (Å²) in [4.78, 5) is 24.3. The average molecular weight is 425 g/mol. The van der Waals surface area contributed by atoms with Crippen LogP contribution in [0.4, 0.5) is 5.69 Å². The molecule has 7 heteroatoms. The highest BCUT2D eigenvalue weighted by Crippen LogP contribution is 2.30. The molecular weight excluding hydrogens is 398 g/mol. The van der Waals surface area contributed by atoms with Gasteiger partial charge in [-0.3, -0.25) is 4.79 Å². The van der Waals surface area contributed by atoms with Crippen LogP contribution in [0.1, 0.15) is 39.2 Å². The molecule has 2 aromatic carbocycles. The van der Waals surface area contributed by atoms with Crippen molar-refractivity contribution in [2.75, 3.05) is 25.1 Å². The molecule has 0 unspecified atom stereocenters. The van der Waals surface area contributed by atoms with Crippen LogP contribution in [0.25, 0.3) is 11.0 Å². The Hall–Kier alpha value is -3.48. The fraction of sp³-hybridized carbons (Fsp3) is 0.333. The predicted molar refractivity (Wildman–Crippen MR) is 119 cm³/mol. The van der Waals surface area contributed by atoms with Crippen molar-refractivity contribution in [1.29, 1.82) is 0 Å². The monoisotopic (exact) mass is 425 g/mol. The minimum atomic E-state index is -0.413. The number of hydrogen-bond acceptors (Lipinski definition) is 6. The van der Waals surface area contributed by atoms with Crippen LogP contribution < -0.4 is 25.2 Å². The van der Waals surface area contributed by atoms with E-state index in [1.54, 1.807) is 30.3 Å².